The van der Waals surface area contributed by atoms with Crippen molar-refractivity contribution in [3.8, 4) is 5.75 Å². The van der Waals surface area contributed by atoms with E-state index >= 15 is 0 Å². The predicted octanol–water partition coefficient (Wildman–Crippen LogP) is 2.07. The molecule has 1 aliphatic rings. The topological polar surface area (TPSA) is 47.3 Å². The predicted molar refractivity (Wildman–Crippen MR) is 61.9 cm³/mol. The fourth-order valence-corrected chi connectivity index (χ4v) is 1.95. The number of benzene rings is 1. The lowest BCUT2D eigenvalue weighted by atomic mass is 9.94. The second-order valence-corrected chi connectivity index (χ2v) is 4.58. The molecule has 0 unspecified atom stereocenters. The van der Waals surface area contributed by atoms with Crippen LogP contribution in [0.3, 0.4) is 0 Å². The second kappa shape index (κ2) is 4.49. The number of ether oxygens (including phenoxy) is 1. The summed E-state index contributed by atoms with van der Waals surface area (Å²) < 4.78 is 32.3. The lowest BCUT2D eigenvalue weighted by Crippen LogP contribution is -2.44. The standard InChI is InChI=1S/C12H16F2N2O/c1-12(4-6-16-7-5-12)17-11-9(15)3-2-8(13)10(11)14/h2-3,16H,4-7,15H2,1H3. The minimum Gasteiger partial charge on any atom is -0.482 e. The molecule has 1 aromatic carbocycles. The number of hydrogen-bond acceptors (Lipinski definition) is 3. The van der Waals surface area contributed by atoms with Crippen LogP contribution in [0.15, 0.2) is 12.1 Å². The summed E-state index contributed by atoms with van der Waals surface area (Å²) in [6.45, 7) is 3.48. The van der Waals surface area contributed by atoms with Crippen molar-refractivity contribution in [3.63, 3.8) is 0 Å². The number of nitrogen functional groups attached to an aromatic ring is 1. The molecule has 0 bridgehead atoms. The van der Waals surface area contributed by atoms with Crippen molar-refractivity contribution in [2.75, 3.05) is 18.8 Å². The van der Waals surface area contributed by atoms with E-state index in [0.29, 0.717) is 0 Å². The molecule has 0 saturated carbocycles. The van der Waals surface area contributed by atoms with Crippen LogP contribution in [0.25, 0.3) is 0 Å². The van der Waals surface area contributed by atoms with Crippen molar-refractivity contribution in [1.29, 1.82) is 0 Å². The molecule has 1 heterocycles. The number of anilines is 1. The van der Waals surface area contributed by atoms with Gasteiger partial charge in [0.1, 0.15) is 5.60 Å². The third kappa shape index (κ3) is 2.49. The largest absolute Gasteiger partial charge is 0.482 e. The zero-order chi connectivity index (χ0) is 12.5. The van der Waals surface area contributed by atoms with Gasteiger partial charge in [-0.05, 0) is 45.0 Å². The van der Waals surface area contributed by atoms with E-state index in [1.54, 1.807) is 0 Å². The number of nitrogens with two attached hydrogens (primary N) is 1. The Morgan fingerprint density at radius 2 is 1.94 bits per heavy atom. The van der Waals surface area contributed by atoms with Gasteiger partial charge in [0, 0.05) is 0 Å². The summed E-state index contributed by atoms with van der Waals surface area (Å²) in [7, 11) is 0. The van der Waals surface area contributed by atoms with Crippen LogP contribution >= 0.6 is 0 Å². The average Bonchev–Trinajstić information content (AvgIpc) is 2.31. The van der Waals surface area contributed by atoms with Crippen molar-refractivity contribution < 1.29 is 13.5 Å². The van der Waals surface area contributed by atoms with Crippen molar-refractivity contribution in [2.45, 2.75) is 25.4 Å². The summed E-state index contributed by atoms with van der Waals surface area (Å²) in [5.41, 5.74) is 5.26. The van der Waals surface area contributed by atoms with Crippen LogP contribution in [0, 0.1) is 11.6 Å². The van der Waals surface area contributed by atoms with Gasteiger partial charge in [-0.2, -0.15) is 4.39 Å². The molecule has 2 rings (SSSR count). The zero-order valence-electron chi connectivity index (χ0n) is 9.72. The van der Waals surface area contributed by atoms with Gasteiger partial charge in [0.15, 0.2) is 11.6 Å². The van der Waals surface area contributed by atoms with E-state index in [9.17, 15) is 8.78 Å². The molecule has 0 spiro atoms. The number of hydrogen-bond donors (Lipinski definition) is 2. The van der Waals surface area contributed by atoms with Gasteiger partial charge in [0.05, 0.1) is 5.69 Å². The molecule has 1 aliphatic heterocycles. The smallest absolute Gasteiger partial charge is 0.202 e. The summed E-state index contributed by atoms with van der Waals surface area (Å²) in [6, 6.07) is 2.32. The van der Waals surface area contributed by atoms with Crippen molar-refractivity contribution in [2.24, 2.45) is 0 Å². The van der Waals surface area contributed by atoms with Gasteiger partial charge in [0.25, 0.3) is 0 Å². The molecule has 0 aromatic heterocycles. The van der Waals surface area contributed by atoms with Gasteiger partial charge < -0.3 is 15.8 Å². The number of rotatable bonds is 2. The first-order chi connectivity index (χ1) is 8.02. The first-order valence-electron chi connectivity index (χ1n) is 5.65. The fraction of sp³-hybridized carbons (Fsp3) is 0.500. The highest BCUT2D eigenvalue weighted by atomic mass is 19.2. The molecule has 1 fully saturated rings. The first kappa shape index (κ1) is 12.1. The maximum Gasteiger partial charge on any atom is 0.202 e. The molecule has 0 atom stereocenters. The van der Waals surface area contributed by atoms with Gasteiger partial charge in [0.2, 0.25) is 5.82 Å². The normalized spacial score (nSPS) is 19.0. The molecule has 5 heteroatoms. The van der Waals surface area contributed by atoms with Crippen LogP contribution in [0.1, 0.15) is 19.8 Å². The summed E-state index contributed by atoms with van der Waals surface area (Å²) in [5.74, 6) is -2.12. The Morgan fingerprint density at radius 3 is 2.59 bits per heavy atom. The van der Waals surface area contributed by atoms with E-state index in [2.05, 4.69) is 5.32 Å². The minimum absolute atomic E-state index is 0.128. The van der Waals surface area contributed by atoms with Crippen LogP contribution in [-0.4, -0.2) is 18.7 Å². The Balaban J connectivity index is 2.26. The quantitative estimate of drug-likeness (QED) is 0.780. The highest BCUT2D eigenvalue weighted by Gasteiger charge is 2.31. The van der Waals surface area contributed by atoms with Crippen LogP contribution in [-0.2, 0) is 0 Å². The molecular formula is C12H16F2N2O. The highest BCUT2D eigenvalue weighted by Crippen LogP contribution is 2.33. The molecule has 1 saturated heterocycles. The lowest BCUT2D eigenvalue weighted by Gasteiger charge is -2.35. The SMILES string of the molecule is CC1(Oc2c(N)ccc(F)c2F)CCNCC1. The molecule has 94 valence electrons. The molecule has 3 nitrogen and oxygen atoms in total. The van der Waals surface area contributed by atoms with Crippen molar-refractivity contribution in [3.05, 3.63) is 23.8 Å². The minimum atomic E-state index is -1.01. The van der Waals surface area contributed by atoms with Gasteiger partial charge in [-0.25, -0.2) is 4.39 Å². The lowest BCUT2D eigenvalue weighted by molar-refractivity contribution is 0.0515. The summed E-state index contributed by atoms with van der Waals surface area (Å²) in [5, 5.41) is 3.19. The van der Waals surface area contributed by atoms with Crippen LogP contribution in [0.4, 0.5) is 14.5 Å². The highest BCUT2D eigenvalue weighted by molar-refractivity contribution is 5.53. The maximum atomic E-state index is 13.6. The van der Waals surface area contributed by atoms with E-state index in [4.69, 9.17) is 10.5 Å². The van der Waals surface area contributed by atoms with Gasteiger partial charge in [-0.1, -0.05) is 0 Å². The number of piperidine rings is 1. The summed E-state index contributed by atoms with van der Waals surface area (Å²) in [4.78, 5) is 0. The molecule has 0 aliphatic carbocycles. The van der Waals surface area contributed by atoms with Crippen LogP contribution in [0.2, 0.25) is 0 Å². The Morgan fingerprint density at radius 1 is 1.29 bits per heavy atom. The number of halogens is 2. The molecule has 17 heavy (non-hydrogen) atoms. The Hall–Kier alpha value is -1.36. The Labute approximate surface area is 98.9 Å². The Kier molecular flexibility index (Phi) is 3.19. The molecule has 0 radical (unpaired) electrons. The monoisotopic (exact) mass is 242 g/mol. The van der Waals surface area contributed by atoms with Crippen molar-refractivity contribution in [1.82, 2.24) is 5.32 Å². The van der Waals surface area contributed by atoms with Gasteiger partial charge in [-0.15, -0.1) is 0 Å². The second-order valence-electron chi connectivity index (χ2n) is 4.58. The first-order valence-corrected chi connectivity index (χ1v) is 5.65. The van der Waals surface area contributed by atoms with Crippen LogP contribution in [0.5, 0.6) is 5.75 Å². The Bertz CT molecular complexity index is 417. The zero-order valence-corrected chi connectivity index (χ0v) is 9.72. The number of nitrogens with one attached hydrogen (secondary N) is 1. The third-order valence-electron chi connectivity index (χ3n) is 3.09. The molecule has 0 amide bonds. The molecular weight excluding hydrogens is 226 g/mol. The summed E-state index contributed by atoms with van der Waals surface area (Å²) >= 11 is 0. The third-order valence-corrected chi connectivity index (χ3v) is 3.09. The van der Waals surface area contributed by atoms with E-state index in [-0.39, 0.29) is 11.4 Å². The van der Waals surface area contributed by atoms with E-state index in [0.717, 1.165) is 32.0 Å². The molecule has 1 aromatic rings. The molecule has 3 N–H and O–H groups in total. The van der Waals surface area contributed by atoms with E-state index in [1.807, 2.05) is 6.92 Å². The van der Waals surface area contributed by atoms with Crippen molar-refractivity contribution >= 4 is 5.69 Å². The van der Waals surface area contributed by atoms with Crippen LogP contribution < -0.4 is 15.8 Å². The average molecular weight is 242 g/mol. The van der Waals surface area contributed by atoms with Gasteiger partial charge >= 0.3 is 0 Å². The van der Waals surface area contributed by atoms with E-state index < -0.39 is 17.2 Å². The van der Waals surface area contributed by atoms with Gasteiger partial charge in [-0.3, -0.25) is 0 Å². The maximum absolute atomic E-state index is 13.6. The fourth-order valence-electron chi connectivity index (χ4n) is 1.95. The van der Waals surface area contributed by atoms with E-state index in [1.165, 1.54) is 6.07 Å². The summed E-state index contributed by atoms with van der Waals surface area (Å²) in [6.07, 6.45) is 1.48.